The van der Waals surface area contributed by atoms with Gasteiger partial charge in [-0.1, -0.05) is 0 Å². The van der Waals surface area contributed by atoms with E-state index in [1.54, 1.807) is 0 Å². The summed E-state index contributed by atoms with van der Waals surface area (Å²) in [6.45, 7) is 0.520. The first kappa shape index (κ1) is 9.81. The van der Waals surface area contributed by atoms with Gasteiger partial charge in [0.1, 0.15) is 6.17 Å². The highest BCUT2D eigenvalue weighted by Gasteiger charge is 2.01. The standard InChI is InChI=1S/C6H14FNO2/c7-6(4-8)5-10-3-1-2-9/h6,9H,1-5,8H2. The first-order valence-electron chi connectivity index (χ1n) is 3.34. The number of hydrogen-bond acceptors (Lipinski definition) is 3. The molecule has 0 aromatic carbocycles. The third-order valence-electron chi connectivity index (χ3n) is 1.00. The fraction of sp³-hybridized carbons (Fsp3) is 1.00. The minimum Gasteiger partial charge on any atom is -0.396 e. The molecule has 62 valence electrons. The Labute approximate surface area is 60.0 Å². The molecule has 0 bridgehead atoms. The maximum Gasteiger partial charge on any atom is 0.135 e. The van der Waals surface area contributed by atoms with Crippen molar-refractivity contribution >= 4 is 0 Å². The van der Waals surface area contributed by atoms with Crippen LogP contribution in [0.15, 0.2) is 0 Å². The van der Waals surface area contributed by atoms with Crippen molar-refractivity contribution in [1.29, 1.82) is 0 Å². The molecule has 0 aliphatic heterocycles. The van der Waals surface area contributed by atoms with Crippen LogP contribution in [0.2, 0.25) is 0 Å². The van der Waals surface area contributed by atoms with E-state index >= 15 is 0 Å². The zero-order valence-corrected chi connectivity index (χ0v) is 5.92. The molecular weight excluding hydrogens is 137 g/mol. The van der Waals surface area contributed by atoms with Crippen LogP contribution < -0.4 is 5.73 Å². The lowest BCUT2D eigenvalue weighted by Gasteiger charge is -2.04. The summed E-state index contributed by atoms with van der Waals surface area (Å²) < 4.78 is 17.1. The predicted molar refractivity (Wildman–Crippen MR) is 36.5 cm³/mol. The Kier molecular flexibility index (Phi) is 6.79. The fourth-order valence-electron chi connectivity index (χ4n) is 0.446. The van der Waals surface area contributed by atoms with Crippen molar-refractivity contribution in [2.45, 2.75) is 12.6 Å². The van der Waals surface area contributed by atoms with Crippen LogP contribution in [0.3, 0.4) is 0 Å². The van der Waals surface area contributed by atoms with E-state index < -0.39 is 6.17 Å². The van der Waals surface area contributed by atoms with Gasteiger partial charge in [-0.2, -0.15) is 0 Å². The number of aliphatic hydroxyl groups is 1. The number of aliphatic hydroxyl groups excluding tert-OH is 1. The Morgan fingerprint density at radius 1 is 1.60 bits per heavy atom. The number of nitrogens with two attached hydrogens (primary N) is 1. The van der Waals surface area contributed by atoms with E-state index in [4.69, 9.17) is 15.6 Å². The number of ether oxygens (including phenoxy) is 1. The molecule has 0 saturated heterocycles. The van der Waals surface area contributed by atoms with Crippen molar-refractivity contribution in [3.05, 3.63) is 0 Å². The van der Waals surface area contributed by atoms with E-state index in [-0.39, 0.29) is 19.8 Å². The van der Waals surface area contributed by atoms with Gasteiger partial charge >= 0.3 is 0 Å². The van der Waals surface area contributed by atoms with Gasteiger partial charge in [-0.15, -0.1) is 0 Å². The first-order valence-corrected chi connectivity index (χ1v) is 3.34. The molecule has 1 atom stereocenters. The van der Waals surface area contributed by atoms with Crippen LogP contribution in [0.5, 0.6) is 0 Å². The van der Waals surface area contributed by atoms with Crippen molar-refractivity contribution in [2.24, 2.45) is 5.73 Å². The Morgan fingerprint density at radius 3 is 2.80 bits per heavy atom. The van der Waals surface area contributed by atoms with Crippen LogP contribution in [0.1, 0.15) is 6.42 Å². The molecule has 0 aliphatic carbocycles. The third kappa shape index (κ3) is 5.94. The van der Waals surface area contributed by atoms with Crippen molar-refractivity contribution in [3.8, 4) is 0 Å². The van der Waals surface area contributed by atoms with Crippen molar-refractivity contribution in [3.63, 3.8) is 0 Å². The van der Waals surface area contributed by atoms with E-state index in [0.717, 1.165) is 0 Å². The second-order valence-electron chi connectivity index (χ2n) is 1.99. The Hall–Kier alpha value is -0.190. The van der Waals surface area contributed by atoms with Gasteiger partial charge in [-0.25, -0.2) is 4.39 Å². The topological polar surface area (TPSA) is 55.5 Å². The molecule has 3 N–H and O–H groups in total. The highest BCUT2D eigenvalue weighted by atomic mass is 19.1. The molecule has 10 heavy (non-hydrogen) atoms. The van der Waals surface area contributed by atoms with E-state index in [0.29, 0.717) is 13.0 Å². The van der Waals surface area contributed by atoms with Crippen molar-refractivity contribution < 1.29 is 14.2 Å². The van der Waals surface area contributed by atoms with E-state index in [2.05, 4.69) is 0 Å². The highest BCUT2D eigenvalue weighted by Crippen LogP contribution is 1.89. The lowest BCUT2D eigenvalue weighted by molar-refractivity contribution is 0.0735. The molecule has 0 heterocycles. The first-order chi connectivity index (χ1) is 4.81. The van der Waals surface area contributed by atoms with Gasteiger partial charge in [-0.05, 0) is 6.42 Å². The smallest absolute Gasteiger partial charge is 0.135 e. The van der Waals surface area contributed by atoms with E-state index in [9.17, 15) is 4.39 Å². The monoisotopic (exact) mass is 151 g/mol. The summed E-state index contributed by atoms with van der Waals surface area (Å²) in [7, 11) is 0. The van der Waals surface area contributed by atoms with Crippen LogP contribution in [0, 0.1) is 0 Å². The zero-order chi connectivity index (χ0) is 7.82. The number of halogens is 1. The average Bonchev–Trinajstić information content (AvgIpc) is 1.98. The van der Waals surface area contributed by atoms with Crippen LogP contribution in [-0.2, 0) is 4.74 Å². The maximum absolute atomic E-state index is 12.2. The van der Waals surface area contributed by atoms with Gasteiger partial charge < -0.3 is 15.6 Å². The Morgan fingerprint density at radius 2 is 2.30 bits per heavy atom. The van der Waals surface area contributed by atoms with Crippen LogP contribution in [-0.4, -0.2) is 37.6 Å². The predicted octanol–water partition coefficient (Wildman–Crippen LogP) is -0.318. The van der Waals surface area contributed by atoms with Crippen molar-refractivity contribution in [1.82, 2.24) is 0 Å². The van der Waals surface area contributed by atoms with Gasteiger partial charge in [0.15, 0.2) is 0 Å². The average molecular weight is 151 g/mol. The van der Waals surface area contributed by atoms with Crippen LogP contribution in [0.4, 0.5) is 4.39 Å². The molecule has 4 heteroatoms. The van der Waals surface area contributed by atoms with Gasteiger partial charge in [0, 0.05) is 19.8 Å². The number of rotatable bonds is 6. The van der Waals surface area contributed by atoms with Gasteiger partial charge in [0.05, 0.1) is 6.61 Å². The Bertz CT molecular complexity index is 72.8. The summed E-state index contributed by atoms with van der Waals surface area (Å²) in [5.41, 5.74) is 4.98. The molecule has 0 aliphatic rings. The second-order valence-corrected chi connectivity index (χ2v) is 1.99. The number of hydrogen-bond donors (Lipinski definition) is 2. The van der Waals surface area contributed by atoms with E-state index in [1.807, 2.05) is 0 Å². The zero-order valence-electron chi connectivity index (χ0n) is 5.92. The summed E-state index contributed by atoms with van der Waals surface area (Å²) in [6.07, 6.45) is -0.518. The SMILES string of the molecule is NCC(F)COCCCO. The molecular formula is C6H14FNO2. The van der Waals surface area contributed by atoms with E-state index in [1.165, 1.54) is 0 Å². The molecule has 0 saturated carbocycles. The summed E-state index contributed by atoms with van der Waals surface area (Å²) in [5.74, 6) is 0. The highest BCUT2D eigenvalue weighted by molar-refractivity contribution is 4.52. The molecule has 0 spiro atoms. The largest absolute Gasteiger partial charge is 0.396 e. The molecule has 0 aromatic rings. The lowest BCUT2D eigenvalue weighted by Crippen LogP contribution is -2.21. The minimum atomic E-state index is -1.07. The Balaban J connectivity index is 2.89. The molecule has 0 aromatic heterocycles. The molecule has 0 radical (unpaired) electrons. The summed E-state index contributed by atoms with van der Waals surface area (Å²) in [6, 6.07) is 0. The normalized spacial score (nSPS) is 13.5. The van der Waals surface area contributed by atoms with Crippen molar-refractivity contribution in [2.75, 3.05) is 26.4 Å². The summed E-state index contributed by atoms with van der Waals surface area (Å²) in [4.78, 5) is 0. The molecule has 0 amide bonds. The molecule has 3 nitrogen and oxygen atoms in total. The van der Waals surface area contributed by atoms with Crippen LogP contribution in [0.25, 0.3) is 0 Å². The second kappa shape index (κ2) is 6.92. The van der Waals surface area contributed by atoms with Crippen LogP contribution >= 0.6 is 0 Å². The van der Waals surface area contributed by atoms with Gasteiger partial charge in [0.25, 0.3) is 0 Å². The fourth-order valence-corrected chi connectivity index (χ4v) is 0.446. The minimum absolute atomic E-state index is 0.000868. The number of alkyl halides is 1. The molecule has 0 rings (SSSR count). The maximum atomic E-state index is 12.2. The quantitative estimate of drug-likeness (QED) is 0.512. The molecule has 1 unspecified atom stereocenters. The summed E-state index contributed by atoms with van der Waals surface area (Å²) >= 11 is 0. The van der Waals surface area contributed by atoms with Gasteiger partial charge in [-0.3, -0.25) is 0 Å². The lowest BCUT2D eigenvalue weighted by atomic mass is 10.4. The van der Waals surface area contributed by atoms with Gasteiger partial charge in [0.2, 0.25) is 0 Å². The summed E-state index contributed by atoms with van der Waals surface area (Å²) in [5, 5.41) is 8.29. The third-order valence-corrected chi connectivity index (χ3v) is 1.00. The molecule has 0 fully saturated rings.